The van der Waals surface area contributed by atoms with Gasteiger partial charge >= 0.3 is 0 Å². The lowest BCUT2D eigenvalue weighted by Crippen LogP contribution is -2.70. The minimum Gasteiger partial charge on any atom is -0.490 e. The fourth-order valence-electron chi connectivity index (χ4n) is 9.14. The smallest absolute Gasteiger partial charge is 0.245 e. The van der Waals surface area contributed by atoms with Crippen LogP contribution in [0.5, 0.6) is 11.5 Å². The molecular formula is C46H61N3O8S. The number of hydrogen-bond acceptors (Lipinski definition) is 10. The zero-order chi connectivity index (χ0) is 41.5. The van der Waals surface area contributed by atoms with Crippen LogP contribution in [0.1, 0.15) is 90.5 Å². The molecule has 3 aliphatic rings. The van der Waals surface area contributed by atoms with Crippen molar-refractivity contribution in [2.45, 2.75) is 107 Å². The molecule has 6 atom stereocenters. The first kappa shape index (κ1) is 43.5. The van der Waals surface area contributed by atoms with Gasteiger partial charge in [0.2, 0.25) is 15.8 Å². The number of hydrogen-bond donors (Lipinski definition) is 2. The topological polar surface area (TPSA) is 140 Å². The second kappa shape index (κ2) is 18.9. The second-order valence-electron chi connectivity index (χ2n) is 16.5. The van der Waals surface area contributed by atoms with Gasteiger partial charge in [0.1, 0.15) is 28.6 Å². The van der Waals surface area contributed by atoms with Crippen molar-refractivity contribution >= 4 is 26.6 Å². The number of allylic oxidation sites excluding steroid dienone is 1. The van der Waals surface area contributed by atoms with Crippen LogP contribution in [0.15, 0.2) is 102 Å². The summed E-state index contributed by atoms with van der Waals surface area (Å²) in [5.74, 6) is -0.958. The molecule has 2 aromatic carbocycles. The van der Waals surface area contributed by atoms with Crippen molar-refractivity contribution in [1.29, 1.82) is 0 Å². The van der Waals surface area contributed by atoms with Crippen LogP contribution in [-0.4, -0.2) is 84.0 Å². The fourth-order valence-corrected chi connectivity index (χ4v) is 11.0. The van der Waals surface area contributed by atoms with Crippen LogP contribution in [0, 0.1) is 17.8 Å². The first-order chi connectivity index (χ1) is 27.9. The van der Waals surface area contributed by atoms with Gasteiger partial charge in [0.25, 0.3) is 0 Å². The number of oxime groups is 1. The Morgan fingerprint density at radius 3 is 2.47 bits per heavy atom. The molecule has 2 heterocycles. The Morgan fingerprint density at radius 2 is 1.76 bits per heavy atom. The molecule has 3 aromatic rings. The summed E-state index contributed by atoms with van der Waals surface area (Å²) in [6.07, 6.45) is 12.5. The van der Waals surface area contributed by atoms with Gasteiger partial charge < -0.3 is 29.3 Å². The number of ether oxygens (including phenoxy) is 3. The van der Waals surface area contributed by atoms with Gasteiger partial charge in [0.05, 0.1) is 29.8 Å². The number of aliphatic hydroxyl groups excluding tert-OH is 2. The van der Waals surface area contributed by atoms with Gasteiger partial charge in [-0.05, 0) is 101 Å². The number of para-hydroxylation sites is 1. The van der Waals surface area contributed by atoms with Crippen molar-refractivity contribution in [2.24, 2.45) is 22.9 Å². The fraction of sp³-hybridized carbons (Fsp3) is 0.522. The third-order valence-electron chi connectivity index (χ3n) is 11.4. The monoisotopic (exact) mass is 815 g/mol. The highest BCUT2D eigenvalue weighted by Crippen LogP contribution is 2.62. The molecule has 2 aliphatic carbocycles. The van der Waals surface area contributed by atoms with E-state index in [9.17, 15) is 10.2 Å². The standard InChI is InChI=1S/C46H61N3O8S/c1-7-24-49(58(52,53)40-20-14-17-32-18-15-23-47-44(32)40)41-31-38(48-57-45(4,5)6)36-29-33(16-10-12-25-50)35(19-11-13-26-51)42-37-30-34(54-27-8-2)21-22-39(37)56-46(41,43(36)42)55-28-9-3/h8-9,14-15,17-18,20-23,29-30,33,35,41-43,50-51H,2-3,7,10-13,16,19,24-28,31H2,1,4-6H3/t33-,35+,41-,42+,43+,46+/m0/s1. The summed E-state index contributed by atoms with van der Waals surface area (Å²) in [5.41, 5.74) is 2.25. The normalized spacial score (nSPS) is 24.8. The molecule has 58 heavy (non-hydrogen) atoms. The van der Waals surface area contributed by atoms with E-state index in [2.05, 4.69) is 24.2 Å². The maximum atomic E-state index is 15.4. The molecule has 1 aliphatic heterocycles. The Bertz CT molecular complexity index is 2070. The van der Waals surface area contributed by atoms with Gasteiger partial charge in [0, 0.05) is 49.2 Å². The van der Waals surface area contributed by atoms with Crippen molar-refractivity contribution in [2.75, 3.05) is 33.0 Å². The first-order valence-corrected chi connectivity index (χ1v) is 22.2. The van der Waals surface area contributed by atoms with E-state index < -0.39 is 33.4 Å². The van der Waals surface area contributed by atoms with Crippen LogP contribution < -0.4 is 9.47 Å². The highest BCUT2D eigenvalue weighted by Gasteiger charge is 2.66. The largest absolute Gasteiger partial charge is 0.490 e. The highest BCUT2D eigenvalue weighted by molar-refractivity contribution is 7.89. The van der Waals surface area contributed by atoms with Crippen molar-refractivity contribution in [3.05, 3.63) is 97.3 Å². The number of rotatable bonds is 20. The van der Waals surface area contributed by atoms with Gasteiger partial charge in [-0.25, -0.2) is 8.42 Å². The molecule has 2 N–H and O–H groups in total. The average Bonchev–Trinajstić information content (AvgIpc) is 3.21. The minimum atomic E-state index is -4.26. The predicted octanol–water partition coefficient (Wildman–Crippen LogP) is 8.33. The Morgan fingerprint density at radius 1 is 1.02 bits per heavy atom. The first-order valence-electron chi connectivity index (χ1n) is 20.8. The van der Waals surface area contributed by atoms with Crippen LogP contribution in [0.3, 0.4) is 0 Å². The maximum Gasteiger partial charge on any atom is 0.245 e. The van der Waals surface area contributed by atoms with Gasteiger partial charge in [-0.1, -0.05) is 67.9 Å². The maximum absolute atomic E-state index is 15.4. The van der Waals surface area contributed by atoms with Crippen LogP contribution >= 0.6 is 0 Å². The van der Waals surface area contributed by atoms with Gasteiger partial charge in [-0.15, -0.1) is 6.58 Å². The van der Waals surface area contributed by atoms with Gasteiger partial charge in [-0.3, -0.25) is 4.98 Å². The lowest BCUT2D eigenvalue weighted by Gasteiger charge is -2.59. The van der Waals surface area contributed by atoms with Gasteiger partial charge in [0.15, 0.2) is 0 Å². The van der Waals surface area contributed by atoms with E-state index in [4.69, 9.17) is 24.2 Å². The SMILES string of the molecule is C=CCOc1ccc2c(c1)[C@H]1[C@H](CCCCO)[C@@H](CCCCO)C=C3C(=NOC(C)(C)C)C[C@H](N(CCC)S(=O)(=O)c4cccc5cccnc45)[C@@](OCC=C)(O2)[C@H]31. The number of unbranched alkanes of at least 4 members (excludes halogenated alkanes) is 2. The Labute approximate surface area is 344 Å². The molecule has 1 fully saturated rings. The van der Waals surface area contributed by atoms with Crippen LogP contribution in [0.25, 0.3) is 10.9 Å². The summed E-state index contributed by atoms with van der Waals surface area (Å²) < 4.78 is 52.9. The molecular weight excluding hydrogens is 755 g/mol. The molecule has 1 aromatic heterocycles. The third-order valence-corrected chi connectivity index (χ3v) is 13.4. The van der Waals surface area contributed by atoms with E-state index in [0.29, 0.717) is 48.6 Å². The zero-order valence-corrected chi connectivity index (χ0v) is 35.3. The average molecular weight is 816 g/mol. The van der Waals surface area contributed by atoms with Crippen LogP contribution in [0.4, 0.5) is 0 Å². The third kappa shape index (κ3) is 8.91. The van der Waals surface area contributed by atoms with Crippen molar-refractivity contribution < 1.29 is 37.7 Å². The highest BCUT2D eigenvalue weighted by atomic mass is 32.2. The van der Waals surface area contributed by atoms with E-state index in [0.717, 1.165) is 42.2 Å². The molecule has 0 radical (unpaired) electrons. The van der Waals surface area contributed by atoms with Crippen molar-refractivity contribution in [1.82, 2.24) is 9.29 Å². The number of pyridine rings is 1. The van der Waals surface area contributed by atoms with Gasteiger partial charge in [-0.2, -0.15) is 4.31 Å². The lowest BCUT2D eigenvalue weighted by atomic mass is 9.55. The second-order valence-corrected chi connectivity index (χ2v) is 18.4. The molecule has 11 nitrogen and oxygen atoms in total. The number of sulfonamides is 1. The van der Waals surface area contributed by atoms with E-state index in [-0.39, 0.29) is 55.4 Å². The molecule has 314 valence electrons. The summed E-state index contributed by atoms with van der Waals surface area (Å²) in [5, 5.41) is 25.4. The minimum absolute atomic E-state index is 0.0324. The molecule has 6 rings (SSSR count). The summed E-state index contributed by atoms with van der Waals surface area (Å²) in [6, 6.07) is 13.8. The van der Waals surface area contributed by atoms with E-state index in [1.165, 1.54) is 0 Å². The van der Waals surface area contributed by atoms with E-state index >= 15 is 8.42 Å². The number of aromatic nitrogens is 1. The number of benzene rings is 2. The number of nitrogens with zero attached hydrogens (tertiary/aromatic N) is 3. The van der Waals surface area contributed by atoms with Crippen molar-refractivity contribution in [3.8, 4) is 11.5 Å². The molecule has 0 spiro atoms. The number of aliphatic hydroxyl groups is 2. The molecule has 0 bridgehead atoms. The Hall–Kier alpha value is -4.07. The number of fused-ring (bicyclic) bond motifs is 3. The summed E-state index contributed by atoms with van der Waals surface area (Å²) >= 11 is 0. The molecule has 0 amide bonds. The quantitative estimate of drug-likeness (QED) is 0.0655. The molecule has 0 saturated heterocycles. The molecule has 0 unspecified atom stereocenters. The molecule has 1 saturated carbocycles. The molecule has 12 heteroatoms. The summed E-state index contributed by atoms with van der Waals surface area (Å²) in [7, 11) is -4.26. The van der Waals surface area contributed by atoms with E-state index in [1.54, 1.807) is 40.9 Å². The Kier molecular flexibility index (Phi) is 14.2. The van der Waals surface area contributed by atoms with Crippen LogP contribution in [0.2, 0.25) is 0 Å². The van der Waals surface area contributed by atoms with E-state index in [1.807, 2.05) is 58.0 Å². The summed E-state index contributed by atoms with van der Waals surface area (Å²) in [6.45, 7) is 16.4. The van der Waals surface area contributed by atoms with Crippen LogP contribution in [-0.2, 0) is 19.6 Å². The van der Waals surface area contributed by atoms with Crippen molar-refractivity contribution in [3.63, 3.8) is 0 Å². The summed E-state index contributed by atoms with van der Waals surface area (Å²) in [4.78, 5) is 10.9. The predicted molar refractivity (Wildman–Crippen MR) is 227 cm³/mol. The Balaban J connectivity index is 1.66. The zero-order valence-electron chi connectivity index (χ0n) is 34.5. The lowest BCUT2D eigenvalue weighted by molar-refractivity contribution is -0.251.